The van der Waals surface area contributed by atoms with E-state index in [1.54, 1.807) is 18.2 Å². The molecule has 76 valence electrons. The van der Waals surface area contributed by atoms with Gasteiger partial charge < -0.3 is 4.42 Å². The minimum absolute atomic E-state index is 0.0473. The summed E-state index contributed by atoms with van der Waals surface area (Å²) in [6.07, 6.45) is 3.32. The van der Waals surface area contributed by atoms with Gasteiger partial charge in [0.1, 0.15) is 6.26 Å². The van der Waals surface area contributed by atoms with E-state index < -0.39 is 0 Å². The fourth-order valence-electron chi connectivity index (χ4n) is 1.31. The first-order chi connectivity index (χ1) is 7.25. The Morgan fingerprint density at radius 2 is 1.93 bits per heavy atom. The molecule has 0 aliphatic carbocycles. The standard InChI is InChI=1S/C12H9ClO2/c13-11-3-1-9(2-4-11)7-12(14)10-5-6-15-8-10/h1-6,8H,7H2. The largest absolute Gasteiger partial charge is 0.472 e. The third-order valence-corrected chi connectivity index (χ3v) is 2.37. The van der Waals surface area contributed by atoms with Crippen LogP contribution < -0.4 is 0 Å². The lowest BCUT2D eigenvalue weighted by molar-refractivity contribution is 0.0992. The van der Waals surface area contributed by atoms with Crippen LogP contribution in [0.2, 0.25) is 5.02 Å². The third kappa shape index (κ3) is 2.48. The van der Waals surface area contributed by atoms with Gasteiger partial charge in [0, 0.05) is 11.4 Å². The molecule has 0 amide bonds. The SMILES string of the molecule is O=C(Cc1ccc(Cl)cc1)c1ccoc1. The lowest BCUT2D eigenvalue weighted by Crippen LogP contribution is -2.01. The van der Waals surface area contributed by atoms with Crippen molar-refractivity contribution in [2.24, 2.45) is 0 Å². The average Bonchev–Trinajstić information content (AvgIpc) is 2.74. The van der Waals surface area contributed by atoms with E-state index in [1.807, 2.05) is 12.1 Å². The van der Waals surface area contributed by atoms with Crippen LogP contribution in [-0.2, 0) is 6.42 Å². The molecule has 0 N–H and O–H groups in total. The highest BCUT2D eigenvalue weighted by molar-refractivity contribution is 6.30. The van der Waals surface area contributed by atoms with Gasteiger partial charge in [-0.25, -0.2) is 0 Å². The second kappa shape index (κ2) is 4.32. The molecule has 0 aliphatic rings. The lowest BCUT2D eigenvalue weighted by atomic mass is 10.1. The zero-order valence-electron chi connectivity index (χ0n) is 7.94. The number of rotatable bonds is 3. The molecule has 0 unspecified atom stereocenters. The highest BCUT2D eigenvalue weighted by Gasteiger charge is 2.07. The van der Waals surface area contributed by atoms with Crippen molar-refractivity contribution in [3.8, 4) is 0 Å². The van der Waals surface area contributed by atoms with Crippen LogP contribution in [0.1, 0.15) is 15.9 Å². The van der Waals surface area contributed by atoms with Crippen LogP contribution >= 0.6 is 11.6 Å². The predicted octanol–water partition coefficient (Wildman–Crippen LogP) is 3.36. The number of halogens is 1. The summed E-state index contributed by atoms with van der Waals surface area (Å²) in [4.78, 5) is 11.7. The van der Waals surface area contributed by atoms with E-state index in [4.69, 9.17) is 16.0 Å². The molecule has 15 heavy (non-hydrogen) atoms. The van der Waals surface area contributed by atoms with Crippen molar-refractivity contribution in [3.05, 3.63) is 59.0 Å². The Labute approximate surface area is 92.5 Å². The summed E-state index contributed by atoms with van der Waals surface area (Å²) in [5.74, 6) is 0.0473. The quantitative estimate of drug-likeness (QED) is 0.743. The van der Waals surface area contributed by atoms with E-state index in [2.05, 4.69) is 0 Å². The molecular formula is C12H9ClO2. The number of hydrogen-bond donors (Lipinski definition) is 0. The van der Waals surface area contributed by atoms with Crippen LogP contribution in [0.15, 0.2) is 47.3 Å². The second-order valence-corrected chi connectivity index (χ2v) is 3.67. The first kappa shape index (κ1) is 9.99. The van der Waals surface area contributed by atoms with E-state index in [0.717, 1.165) is 5.56 Å². The lowest BCUT2D eigenvalue weighted by Gasteiger charge is -1.98. The van der Waals surface area contributed by atoms with Gasteiger partial charge in [-0.15, -0.1) is 0 Å². The van der Waals surface area contributed by atoms with Gasteiger partial charge in [0.25, 0.3) is 0 Å². The van der Waals surface area contributed by atoms with Crippen molar-refractivity contribution in [2.45, 2.75) is 6.42 Å². The normalized spacial score (nSPS) is 10.2. The molecule has 0 fully saturated rings. The Balaban J connectivity index is 2.09. The maximum absolute atomic E-state index is 11.7. The summed E-state index contributed by atoms with van der Waals surface area (Å²) >= 11 is 5.75. The summed E-state index contributed by atoms with van der Waals surface area (Å²) in [7, 11) is 0. The number of furan rings is 1. The van der Waals surface area contributed by atoms with Gasteiger partial charge in [-0.1, -0.05) is 23.7 Å². The second-order valence-electron chi connectivity index (χ2n) is 3.24. The van der Waals surface area contributed by atoms with Gasteiger partial charge >= 0.3 is 0 Å². The summed E-state index contributed by atoms with van der Waals surface area (Å²) < 4.78 is 4.85. The maximum Gasteiger partial charge on any atom is 0.170 e. The first-order valence-corrected chi connectivity index (χ1v) is 4.93. The van der Waals surface area contributed by atoms with Gasteiger partial charge in [0.2, 0.25) is 0 Å². The molecule has 2 rings (SSSR count). The fraction of sp³-hybridized carbons (Fsp3) is 0.0833. The van der Waals surface area contributed by atoms with Crippen molar-refractivity contribution < 1.29 is 9.21 Å². The van der Waals surface area contributed by atoms with Crippen LogP contribution in [0.3, 0.4) is 0 Å². The predicted molar refractivity (Wildman–Crippen MR) is 58.2 cm³/mol. The van der Waals surface area contributed by atoms with Gasteiger partial charge in [-0.05, 0) is 23.8 Å². The summed E-state index contributed by atoms with van der Waals surface area (Å²) in [5.41, 5.74) is 1.55. The topological polar surface area (TPSA) is 30.2 Å². The number of hydrogen-bond acceptors (Lipinski definition) is 2. The molecule has 1 aromatic carbocycles. The minimum atomic E-state index is 0.0473. The van der Waals surface area contributed by atoms with Crippen LogP contribution in [-0.4, -0.2) is 5.78 Å². The number of ketones is 1. The summed E-state index contributed by atoms with van der Waals surface area (Å²) in [6.45, 7) is 0. The Kier molecular flexibility index (Phi) is 2.88. The average molecular weight is 221 g/mol. The molecule has 0 radical (unpaired) electrons. The molecule has 1 aromatic heterocycles. The van der Waals surface area contributed by atoms with Crippen molar-refractivity contribution in [2.75, 3.05) is 0 Å². The molecule has 0 spiro atoms. The molecule has 0 saturated heterocycles. The van der Waals surface area contributed by atoms with E-state index in [-0.39, 0.29) is 5.78 Å². The number of benzene rings is 1. The molecule has 2 aromatic rings. The Morgan fingerprint density at radius 1 is 1.20 bits per heavy atom. The monoisotopic (exact) mass is 220 g/mol. The van der Waals surface area contributed by atoms with Crippen LogP contribution in [0.25, 0.3) is 0 Å². The number of carbonyl (C=O) groups is 1. The number of carbonyl (C=O) groups excluding carboxylic acids is 1. The van der Waals surface area contributed by atoms with E-state index in [0.29, 0.717) is 17.0 Å². The zero-order chi connectivity index (χ0) is 10.7. The van der Waals surface area contributed by atoms with Gasteiger partial charge in [0.05, 0.1) is 11.8 Å². The van der Waals surface area contributed by atoms with Crippen molar-refractivity contribution >= 4 is 17.4 Å². The van der Waals surface area contributed by atoms with Crippen molar-refractivity contribution in [3.63, 3.8) is 0 Å². The van der Waals surface area contributed by atoms with Gasteiger partial charge in [-0.2, -0.15) is 0 Å². The summed E-state index contributed by atoms with van der Waals surface area (Å²) in [5, 5.41) is 0.675. The fourth-order valence-corrected chi connectivity index (χ4v) is 1.44. The highest BCUT2D eigenvalue weighted by Crippen LogP contribution is 2.12. The molecule has 0 saturated carbocycles. The van der Waals surface area contributed by atoms with Crippen LogP contribution in [0.5, 0.6) is 0 Å². The minimum Gasteiger partial charge on any atom is -0.472 e. The van der Waals surface area contributed by atoms with Crippen LogP contribution in [0.4, 0.5) is 0 Å². The molecule has 2 nitrogen and oxygen atoms in total. The van der Waals surface area contributed by atoms with Gasteiger partial charge in [0.15, 0.2) is 5.78 Å². The molecule has 3 heteroatoms. The highest BCUT2D eigenvalue weighted by atomic mass is 35.5. The van der Waals surface area contributed by atoms with E-state index >= 15 is 0 Å². The summed E-state index contributed by atoms with van der Waals surface area (Å²) in [6, 6.07) is 8.91. The Morgan fingerprint density at radius 3 is 2.53 bits per heavy atom. The zero-order valence-corrected chi connectivity index (χ0v) is 8.70. The molecular weight excluding hydrogens is 212 g/mol. The Bertz CT molecular complexity index is 443. The maximum atomic E-state index is 11.7. The smallest absolute Gasteiger partial charge is 0.170 e. The van der Waals surface area contributed by atoms with Gasteiger partial charge in [-0.3, -0.25) is 4.79 Å². The van der Waals surface area contributed by atoms with Crippen molar-refractivity contribution in [1.29, 1.82) is 0 Å². The molecule has 0 atom stereocenters. The van der Waals surface area contributed by atoms with E-state index in [9.17, 15) is 4.79 Å². The van der Waals surface area contributed by atoms with E-state index in [1.165, 1.54) is 12.5 Å². The first-order valence-electron chi connectivity index (χ1n) is 4.55. The van der Waals surface area contributed by atoms with Crippen molar-refractivity contribution in [1.82, 2.24) is 0 Å². The molecule has 0 bridgehead atoms. The molecule has 0 aliphatic heterocycles. The third-order valence-electron chi connectivity index (χ3n) is 2.12. The molecule has 1 heterocycles. The Hall–Kier alpha value is -1.54. The van der Waals surface area contributed by atoms with Crippen LogP contribution in [0, 0.1) is 0 Å². The number of Topliss-reactive ketones (excluding diaryl/α,β-unsaturated/α-hetero) is 1.